The molecule has 134 valence electrons. The highest BCUT2D eigenvalue weighted by Crippen LogP contribution is 2.21. The Morgan fingerprint density at radius 1 is 1.20 bits per heavy atom. The molecule has 0 aromatic heterocycles. The van der Waals surface area contributed by atoms with E-state index in [0.717, 1.165) is 0 Å². The van der Waals surface area contributed by atoms with Crippen LogP contribution in [0.25, 0.3) is 0 Å². The molecule has 9 heteroatoms. The number of carbonyl (C=O) groups is 1. The Balaban J connectivity index is 2.11. The molecule has 0 N–H and O–H groups in total. The monoisotopic (exact) mass is 387 g/mol. The quantitative estimate of drug-likeness (QED) is 0.562. The van der Waals surface area contributed by atoms with E-state index in [1.54, 1.807) is 0 Å². The third-order valence-corrected chi connectivity index (χ3v) is 5.44. The lowest BCUT2D eigenvalue weighted by Gasteiger charge is -2.14. The van der Waals surface area contributed by atoms with Gasteiger partial charge in [0.2, 0.25) is 0 Å². The number of hydrogen-bond acceptors (Lipinski definition) is 5. The number of hydroxylamine groups is 1. The number of rotatable bonds is 6. The summed E-state index contributed by atoms with van der Waals surface area (Å²) in [5.41, 5.74) is 0.185. The highest BCUT2D eigenvalue weighted by molar-refractivity contribution is 7.89. The minimum absolute atomic E-state index is 0.0504. The predicted octanol–water partition coefficient (Wildman–Crippen LogP) is 3.02. The van der Waals surface area contributed by atoms with Crippen molar-refractivity contribution in [1.29, 1.82) is 0 Å². The van der Waals surface area contributed by atoms with E-state index in [4.69, 9.17) is 16.3 Å². The zero-order valence-corrected chi connectivity index (χ0v) is 15.0. The van der Waals surface area contributed by atoms with E-state index in [9.17, 15) is 17.6 Å². The van der Waals surface area contributed by atoms with E-state index in [2.05, 4.69) is 4.84 Å². The number of benzene rings is 2. The maximum absolute atomic E-state index is 13.6. The van der Waals surface area contributed by atoms with Crippen LogP contribution in [0.1, 0.15) is 15.9 Å². The SMILES string of the molecule is CON(C)S(=O)(=O)c1ccc(C(=O)OCc2c(F)cccc2Cl)cc1. The van der Waals surface area contributed by atoms with E-state index < -0.39 is 21.8 Å². The van der Waals surface area contributed by atoms with Crippen molar-refractivity contribution in [3.63, 3.8) is 0 Å². The van der Waals surface area contributed by atoms with Crippen molar-refractivity contribution in [3.8, 4) is 0 Å². The minimum Gasteiger partial charge on any atom is -0.457 e. The van der Waals surface area contributed by atoms with Crippen LogP contribution in [0.5, 0.6) is 0 Å². The number of halogens is 2. The first-order chi connectivity index (χ1) is 11.8. The fourth-order valence-corrected chi connectivity index (χ4v) is 3.09. The fraction of sp³-hybridized carbons (Fsp3) is 0.188. The van der Waals surface area contributed by atoms with Gasteiger partial charge in [-0.15, -0.1) is 0 Å². The van der Waals surface area contributed by atoms with Crippen molar-refractivity contribution in [2.45, 2.75) is 11.5 Å². The van der Waals surface area contributed by atoms with Gasteiger partial charge in [0.25, 0.3) is 10.0 Å². The summed E-state index contributed by atoms with van der Waals surface area (Å²) in [4.78, 5) is 16.6. The maximum Gasteiger partial charge on any atom is 0.338 e. The molecule has 0 aliphatic heterocycles. The van der Waals surface area contributed by atoms with Crippen molar-refractivity contribution >= 4 is 27.6 Å². The van der Waals surface area contributed by atoms with Crippen LogP contribution in [0.15, 0.2) is 47.4 Å². The van der Waals surface area contributed by atoms with Gasteiger partial charge in [0.15, 0.2) is 0 Å². The standard InChI is InChI=1S/C16H15ClFNO5S/c1-19(23-2)25(21,22)12-8-6-11(7-9-12)16(20)24-10-13-14(17)4-3-5-15(13)18/h3-9H,10H2,1-2H3. The van der Waals surface area contributed by atoms with Crippen molar-refractivity contribution in [3.05, 3.63) is 64.4 Å². The Labute approximate surface area is 149 Å². The summed E-state index contributed by atoms with van der Waals surface area (Å²) in [5.74, 6) is -1.31. The van der Waals surface area contributed by atoms with Gasteiger partial charge in [-0.1, -0.05) is 22.1 Å². The summed E-state index contributed by atoms with van der Waals surface area (Å²) in [7, 11) is -1.34. The van der Waals surface area contributed by atoms with Gasteiger partial charge in [0, 0.05) is 12.6 Å². The molecule has 0 aliphatic carbocycles. The van der Waals surface area contributed by atoms with Crippen LogP contribution in [0.3, 0.4) is 0 Å². The molecule has 0 radical (unpaired) electrons. The second kappa shape index (κ2) is 7.92. The summed E-state index contributed by atoms with van der Waals surface area (Å²) in [6.45, 7) is -0.337. The van der Waals surface area contributed by atoms with Crippen LogP contribution in [-0.4, -0.2) is 33.0 Å². The lowest BCUT2D eigenvalue weighted by molar-refractivity contribution is -0.0258. The van der Waals surface area contributed by atoms with Crippen LogP contribution in [0.2, 0.25) is 5.02 Å². The molecule has 0 bridgehead atoms. The number of sulfonamides is 1. The van der Waals surface area contributed by atoms with Gasteiger partial charge >= 0.3 is 5.97 Å². The normalized spacial score (nSPS) is 11.6. The molecule has 2 aromatic rings. The smallest absolute Gasteiger partial charge is 0.338 e. The summed E-state index contributed by atoms with van der Waals surface area (Å²) in [6.07, 6.45) is 0. The number of nitrogens with zero attached hydrogens (tertiary/aromatic N) is 1. The van der Waals surface area contributed by atoms with Gasteiger partial charge in [0.05, 0.1) is 22.6 Å². The molecule has 0 unspecified atom stereocenters. The molecule has 0 spiro atoms. The summed E-state index contributed by atoms with van der Waals surface area (Å²) < 4.78 is 43.5. The molecular formula is C16H15ClFNO5S. The Kier molecular flexibility index (Phi) is 6.12. The first-order valence-corrected chi connectivity index (χ1v) is 8.82. The lowest BCUT2D eigenvalue weighted by atomic mass is 10.2. The molecule has 0 heterocycles. The number of esters is 1. The number of ether oxygens (including phenoxy) is 1. The Hall–Kier alpha value is -2.00. The fourth-order valence-electron chi connectivity index (χ4n) is 1.90. The van der Waals surface area contributed by atoms with Crippen LogP contribution in [-0.2, 0) is 26.2 Å². The molecular weight excluding hydrogens is 373 g/mol. The van der Waals surface area contributed by atoms with Gasteiger partial charge in [-0.05, 0) is 36.4 Å². The first kappa shape index (κ1) is 19.3. The van der Waals surface area contributed by atoms with Gasteiger partial charge < -0.3 is 4.74 Å². The molecule has 2 rings (SSSR count). The van der Waals surface area contributed by atoms with Crippen molar-refractivity contribution in [2.75, 3.05) is 14.2 Å². The first-order valence-electron chi connectivity index (χ1n) is 7.00. The predicted molar refractivity (Wildman–Crippen MR) is 88.9 cm³/mol. The van der Waals surface area contributed by atoms with Crippen LogP contribution in [0.4, 0.5) is 4.39 Å². The molecule has 0 amide bonds. The Morgan fingerprint density at radius 2 is 1.84 bits per heavy atom. The van der Waals surface area contributed by atoms with E-state index in [1.165, 1.54) is 56.6 Å². The molecule has 25 heavy (non-hydrogen) atoms. The number of carbonyl (C=O) groups excluding carboxylic acids is 1. The van der Waals surface area contributed by atoms with Gasteiger partial charge in [-0.25, -0.2) is 17.6 Å². The molecule has 2 aromatic carbocycles. The molecule has 0 fully saturated rings. The van der Waals surface area contributed by atoms with E-state index in [1.807, 2.05) is 0 Å². The van der Waals surface area contributed by atoms with Crippen LogP contribution < -0.4 is 0 Å². The lowest BCUT2D eigenvalue weighted by Crippen LogP contribution is -2.25. The zero-order valence-electron chi connectivity index (χ0n) is 13.4. The molecule has 0 aliphatic rings. The highest BCUT2D eigenvalue weighted by atomic mass is 35.5. The highest BCUT2D eigenvalue weighted by Gasteiger charge is 2.21. The summed E-state index contributed by atoms with van der Waals surface area (Å²) in [6, 6.07) is 9.22. The Bertz CT molecular complexity index is 850. The van der Waals surface area contributed by atoms with Crippen LogP contribution in [0, 0.1) is 5.82 Å². The van der Waals surface area contributed by atoms with Crippen molar-refractivity contribution < 1.29 is 27.2 Å². The summed E-state index contributed by atoms with van der Waals surface area (Å²) >= 11 is 5.86. The summed E-state index contributed by atoms with van der Waals surface area (Å²) in [5, 5.41) is 0.150. The average Bonchev–Trinajstić information content (AvgIpc) is 2.60. The van der Waals surface area contributed by atoms with Gasteiger partial charge in [0.1, 0.15) is 12.4 Å². The third-order valence-electron chi connectivity index (χ3n) is 3.39. The van der Waals surface area contributed by atoms with Gasteiger partial charge in [-0.3, -0.25) is 4.84 Å². The van der Waals surface area contributed by atoms with Crippen molar-refractivity contribution in [2.24, 2.45) is 0 Å². The van der Waals surface area contributed by atoms with Gasteiger partial charge in [-0.2, -0.15) is 0 Å². The molecule has 0 saturated carbocycles. The molecule has 0 atom stereocenters. The largest absolute Gasteiger partial charge is 0.457 e. The second-order valence-electron chi connectivity index (χ2n) is 4.90. The average molecular weight is 388 g/mol. The minimum atomic E-state index is -3.81. The second-order valence-corrected chi connectivity index (χ2v) is 7.24. The maximum atomic E-state index is 13.6. The zero-order chi connectivity index (χ0) is 18.6. The van der Waals surface area contributed by atoms with E-state index >= 15 is 0 Å². The van der Waals surface area contributed by atoms with E-state index in [-0.39, 0.29) is 27.7 Å². The molecule has 6 nitrogen and oxygen atoms in total. The molecule has 0 saturated heterocycles. The van der Waals surface area contributed by atoms with Crippen molar-refractivity contribution in [1.82, 2.24) is 4.47 Å². The van der Waals surface area contributed by atoms with Crippen LogP contribution >= 0.6 is 11.6 Å². The topological polar surface area (TPSA) is 72.9 Å². The Morgan fingerprint density at radius 3 is 2.40 bits per heavy atom. The third kappa shape index (κ3) is 4.35. The van der Waals surface area contributed by atoms with E-state index in [0.29, 0.717) is 4.47 Å². The number of hydrogen-bond donors (Lipinski definition) is 0.